The quantitative estimate of drug-likeness (QED) is 0.739. The molecule has 0 saturated carbocycles. The van der Waals surface area contributed by atoms with Gasteiger partial charge in [-0.15, -0.1) is 0 Å². The van der Waals surface area contributed by atoms with E-state index in [0.29, 0.717) is 5.69 Å². The van der Waals surface area contributed by atoms with E-state index >= 15 is 0 Å². The Morgan fingerprint density at radius 3 is 2.48 bits per heavy atom. The molecule has 0 aliphatic rings. The summed E-state index contributed by atoms with van der Waals surface area (Å²) >= 11 is 0. The zero-order valence-corrected chi connectivity index (χ0v) is 14.4. The van der Waals surface area contributed by atoms with Crippen molar-refractivity contribution in [1.82, 2.24) is 4.98 Å². The van der Waals surface area contributed by atoms with Gasteiger partial charge in [-0.05, 0) is 42.3 Å². The standard InChI is InChI=1S/C21H21N3O/c1-3-16-9-7-8-12-19(16)23-21(25)20-15-18(13-14-22-20)24(2)17-10-5-4-6-11-17/h4-15H,3H2,1-2H3,(H,23,25). The van der Waals surface area contributed by atoms with Crippen molar-refractivity contribution in [2.75, 3.05) is 17.3 Å². The zero-order chi connectivity index (χ0) is 17.6. The number of hydrogen-bond acceptors (Lipinski definition) is 3. The third-order valence-corrected chi connectivity index (χ3v) is 4.15. The highest BCUT2D eigenvalue weighted by molar-refractivity contribution is 6.03. The first kappa shape index (κ1) is 16.7. The minimum atomic E-state index is -0.204. The molecule has 1 N–H and O–H groups in total. The fourth-order valence-electron chi connectivity index (χ4n) is 2.69. The van der Waals surface area contributed by atoms with Crippen molar-refractivity contribution < 1.29 is 4.79 Å². The smallest absolute Gasteiger partial charge is 0.274 e. The third kappa shape index (κ3) is 3.86. The Labute approximate surface area is 148 Å². The number of pyridine rings is 1. The van der Waals surface area contributed by atoms with Crippen molar-refractivity contribution in [3.8, 4) is 0 Å². The molecule has 3 aromatic rings. The Morgan fingerprint density at radius 1 is 1.00 bits per heavy atom. The number of anilines is 3. The summed E-state index contributed by atoms with van der Waals surface area (Å²) in [5.74, 6) is -0.204. The maximum Gasteiger partial charge on any atom is 0.274 e. The summed E-state index contributed by atoms with van der Waals surface area (Å²) in [7, 11) is 1.97. The van der Waals surface area contributed by atoms with E-state index in [2.05, 4.69) is 17.2 Å². The van der Waals surface area contributed by atoms with Gasteiger partial charge in [-0.25, -0.2) is 0 Å². The molecule has 1 heterocycles. The Hall–Kier alpha value is -3.14. The van der Waals surface area contributed by atoms with Gasteiger partial charge in [0.25, 0.3) is 5.91 Å². The molecule has 0 aliphatic carbocycles. The van der Waals surface area contributed by atoms with Crippen LogP contribution < -0.4 is 10.2 Å². The van der Waals surface area contributed by atoms with Gasteiger partial charge >= 0.3 is 0 Å². The van der Waals surface area contributed by atoms with E-state index in [1.807, 2.05) is 72.6 Å². The molecule has 126 valence electrons. The minimum Gasteiger partial charge on any atom is -0.345 e. The van der Waals surface area contributed by atoms with Gasteiger partial charge < -0.3 is 10.2 Å². The molecule has 4 heteroatoms. The normalized spacial score (nSPS) is 10.3. The van der Waals surface area contributed by atoms with Crippen LogP contribution in [-0.4, -0.2) is 17.9 Å². The maximum atomic E-state index is 12.6. The number of rotatable bonds is 5. The van der Waals surface area contributed by atoms with Crippen LogP contribution in [0, 0.1) is 0 Å². The van der Waals surface area contributed by atoms with Gasteiger partial charge in [0, 0.05) is 30.3 Å². The van der Waals surface area contributed by atoms with Crippen LogP contribution in [0.4, 0.5) is 17.1 Å². The summed E-state index contributed by atoms with van der Waals surface area (Å²) in [5.41, 5.74) is 4.30. The van der Waals surface area contributed by atoms with Gasteiger partial charge in [0.1, 0.15) is 5.69 Å². The van der Waals surface area contributed by atoms with E-state index < -0.39 is 0 Å². The highest BCUT2D eigenvalue weighted by Crippen LogP contribution is 2.23. The van der Waals surface area contributed by atoms with Crippen LogP contribution >= 0.6 is 0 Å². The summed E-state index contributed by atoms with van der Waals surface area (Å²) in [5, 5.41) is 2.96. The first-order valence-corrected chi connectivity index (χ1v) is 8.33. The van der Waals surface area contributed by atoms with Crippen molar-refractivity contribution in [1.29, 1.82) is 0 Å². The SMILES string of the molecule is CCc1ccccc1NC(=O)c1cc(N(C)c2ccccc2)ccn1. The highest BCUT2D eigenvalue weighted by atomic mass is 16.1. The lowest BCUT2D eigenvalue weighted by molar-refractivity contribution is 0.102. The number of para-hydroxylation sites is 2. The molecule has 2 aromatic carbocycles. The van der Waals surface area contributed by atoms with Crippen LogP contribution in [0.15, 0.2) is 72.9 Å². The van der Waals surface area contributed by atoms with Gasteiger partial charge in [-0.2, -0.15) is 0 Å². The molecule has 3 rings (SSSR count). The highest BCUT2D eigenvalue weighted by Gasteiger charge is 2.12. The number of hydrogen-bond donors (Lipinski definition) is 1. The number of nitrogens with zero attached hydrogens (tertiary/aromatic N) is 2. The van der Waals surface area contributed by atoms with Crippen molar-refractivity contribution >= 4 is 23.0 Å². The number of aromatic nitrogens is 1. The van der Waals surface area contributed by atoms with Crippen LogP contribution in [0.1, 0.15) is 23.0 Å². The van der Waals surface area contributed by atoms with Crippen LogP contribution in [0.25, 0.3) is 0 Å². The lowest BCUT2D eigenvalue weighted by Crippen LogP contribution is -2.16. The second-order valence-electron chi connectivity index (χ2n) is 5.76. The van der Waals surface area contributed by atoms with E-state index in [9.17, 15) is 4.79 Å². The zero-order valence-electron chi connectivity index (χ0n) is 14.4. The number of nitrogens with one attached hydrogen (secondary N) is 1. The molecule has 0 saturated heterocycles. The number of carbonyl (C=O) groups is 1. The second-order valence-corrected chi connectivity index (χ2v) is 5.76. The fraction of sp³-hybridized carbons (Fsp3) is 0.143. The van der Waals surface area contributed by atoms with E-state index in [1.165, 1.54) is 0 Å². The van der Waals surface area contributed by atoms with Crippen LogP contribution in [0.3, 0.4) is 0 Å². The monoisotopic (exact) mass is 331 g/mol. The Balaban J connectivity index is 1.82. The molecule has 0 spiro atoms. The second kappa shape index (κ2) is 7.62. The molecule has 1 amide bonds. The number of benzene rings is 2. The predicted octanol–water partition coefficient (Wildman–Crippen LogP) is 4.66. The van der Waals surface area contributed by atoms with Gasteiger partial charge in [0.2, 0.25) is 0 Å². The largest absolute Gasteiger partial charge is 0.345 e. The topological polar surface area (TPSA) is 45.2 Å². The molecule has 0 radical (unpaired) electrons. The predicted molar refractivity (Wildman–Crippen MR) is 103 cm³/mol. The van der Waals surface area contributed by atoms with Gasteiger partial charge in [-0.3, -0.25) is 9.78 Å². The average molecular weight is 331 g/mol. The van der Waals surface area contributed by atoms with E-state index in [0.717, 1.165) is 29.0 Å². The van der Waals surface area contributed by atoms with E-state index in [-0.39, 0.29) is 5.91 Å². The molecular formula is C21H21N3O. The van der Waals surface area contributed by atoms with Gasteiger partial charge in [-0.1, -0.05) is 43.3 Å². The number of carbonyl (C=O) groups excluding carboxylic acids is 1. The Morgan fingerprint density at radius 2 is 1.72 bits per heavy atom. The Bertz CT molecular complexity index is 862. The first-order chi connectivity index (χ1) is 12.2. The molecule has 0 atom stereocenters. The Kier molecular flexibility index (Phi) is 5.09. The molecule has 0 fully saturated rings. The van der Waals surface area contributed by atoms with Crippen LogP contribution in [-0.2, 0) is 6.42 Å². The summed E-state index contributed by atoms with van der Waals surface area (Å²) in [6.07, 6.45) is 2.52. The molecule has 4 nitrogen and oxygen atoms in total. The molecule has 0 unspecified atom stereocenters. The van der Waals surface area contributed by atoms with Gasteiger partial charge in [0.15, 0.2) is 0 Å². The average Bonchev–Trinajstić information content (AvgIpc) is 2.68. The minimum absolute atomic E-state index is 0.204. The lowest BCUT2D eigenvalue weighted by Gasteiger charge is -2.19. The van der Waals surface area contributed by atoms with Crippen molar-refractivity contribution in [3.05, 3.63) is 84.2 Å². The van der Waals surface area contributed by atoms with Crippen molar-refractivity contribution in [3.63, 3.8) is 0 Å². The molecule has 0 aliphatic heterocycles. The summed E-state index contributed by atoms with van der Waals surface area (Å²) in [6.45, 7) is 2.07. The molecule has 25 heavy (non-hydrogen) atoms. The fourth-order valence-corrected chi connectivity index (χ4v) is 2.69. The number of aryl methyl sites for hydroxylation is 1. The number of amides is 1. The summed E-state index contributed by atoms with van der Waals surface area (Å²) in [4.78, 5) is 18.9. The van der Waals surface area contributed by atoms with Crippen molar-refractivity contribution in [2.45, 2.75) is 13.3 Å². The molecular weight excluding hydrogens is 310 g/mol. The maximum absolute atomic E-state index is 12.6. The first-order valence-electron chi connectivity index (χ1n) is 8.33. The summed E-state index contributed by atoms with van der Waals surface area (Å²) in [6, 6.07) is 21.5. The van der Waals surface area contributed by atoms with E-state index in [1.54, 1.807) is 12.3 Å². The van der Waals surface area contributed by atoms with Crippen LogP contribution in [0.5, 0.6) is 0 Å². The van der Waals surface area contributed by atoms with Crippen molar-refractivity contribution in [2.24, 2.45) is 0 Å². The lowest BCUT2D eigenvalue weighted by atomic mass is 10.1. The molecule has 0 bridgehead atoms. The molecule has 1 aromatic heterocycles. The summed E-state index contributed by atoms with van der Waals surface area (Å²) < 4.78 is 0. The van der Waals surface area contributed by atoms with Crippen LogP contribution in [0.2, 0.25) is 0 Å². The third-order valence-electron chi connectivity index (χ3n) is 4.15. The van der Waals surface area contributed by atoms with Gasteiger partial charge in [0.05, 0.1) is 0 Å². The van der Waals surface area contributed by atoms with E-state index in [4.69, 9.17) is 0 Å².